The van der Waals surface area contributed by atoms with Crippen molar-refractivity contribution in [1.29, 1.82) is 0 Å². The largest absolute Gasteiger partial charge is 0.490 e. The molecule has 1 aromatic heterocycles. The van der Waals surface area contributed by atoms with Crippen molar-refractivity contribution in [3.63, 3.8) is 0 Å². The molecule has 0 atom stereocenters. The first kappa shape index (κ1) is 34.6. The van der Waals surface area contributed by atoms with Gasteiger partial charge in [-0.2, -0.15) is 26.3 Å². The number of fused-ring (bicyclic) bond motifs is 1. The van der Waals surface area contributed by atoms with Crippen molar-refractivity contribution >= 4 is 28.6 Å². The molecular weight excluding hydrogens is 610 g/mol. The maximum absolute atomic E-state index is 13.6. The van der Waals surface area contributed by atoms with Crippen LogP contribution in [0.4, 0.5) is 26.3 Å². The van der Waals surface area contributed by atoms with E-state index < -0.39 is 24.3 Å². The number of aliphatic carboxylic acids is 2. The van der Waals surface area contributed by atoms with Gasteiger partial charge < -0.3 is 15.2 Å². The summed E-state index contributed by atoms with van der Waals surface area (Å²) in [5.74, 6) is -4.28. The number of halogens is 6. The highest BCUT2D eigenvalue weighted by Gasteiger charge is 2.39. The summed E-state index contributed by atoms with van der Waals surface area (Å²) >= 11 is 0. The van der Waals surface area contributed by atoms with Gasteiger partial charge in [-0.1, -0.05) is 66.7 Å². The zero-order chi connectivity index (χ0) is 33.4. The summed E-state index contributed by atoms with van der Waals surface area (Å²) < 4.78 is 66.1. The Bertz CT molecular complexity index is 1590. The summed E-state index contributed by atoms with van der Waals surface area (Å²) in [6.45, 7) is 3.16. The summed E-state index contributed by atoms with van der Waals surface area (Å²) in [7, 11) is 2.07. The van der Waals surface area contributed by atoms with Crippen LogP contribution in [-0.2, 0) is 16.0 Å². The number of imidazole rings is 1. The minimum Gasteiger partial charge on any atom is -0.475 e. The fourth-order valence-electron chi connectivity index (χ4n) is 4.51. The monoisotopic (exact) mass is 639 g/mol. The van der Waals surface area contributed by atoms with Crippen molar-refractivity contribution in [3.05, 3.63) is 102 Å². The van der Waals surface area contributed by atoms with Gasteiger partial charge in [0.15, 0.2) is 0 Å². The average molecular weight is 640 g/mol. The fourth-order valence-corrected chi connectivity index (χ4v) is 4.51. The van der Waals surface area contributed by atoms with E-state index in [-0.39, 0.29) is 5.91 Å². The van der Waals surface area contributed by atoms with Crippen LogP contribution in [0.2, 0.25) is 0 Å². The zero-order valence-electron chi connectivity index (χ0n) is 23.8. The van der Waals surface area contributed by atoms with Gasteiger partial charge in [-0.05, 0) is 22.4 Å². The van der Waals surface area contributed by atoms with Crippen LogP contribution in [0.3, 0.4) is 0 Å². The molecule has 0 saturated carbocycles. The van der Waals surface area contributed by atoms with E-state index in [0.29, 0.717) is 4.48 Å². The number of likely N-dealkylation sites (N-methyl/N-ethyl adjacent to an activating group) is 1. The molecule has 0 unspecified atom stereocenters. The third kappa shape index (κ3) is 9.28. The quantitative estimate of drug-likeness (QED) is 0.235. The number of carboxylic acids is 2. The summed E-state index contributed by atoms with van der Waals surface area (Å²) in [5.41, 5.74) is 2.07. The molecular formula is C30H29F6N4O5+. The van der Waals surface area contributed by atoms with Gasteiger partial charge in [0.25, 0.3) is 0 Å². The van der Waals surface area contributed by atoms with E-state index in [2.05, 4.69) is 58.1 Å². The van der Waals surface area contributed by atoms with E-state index in [1.165, 1.54) is 5.56 Å². The highest BCUT2D eigenvalue weighted by atomic mass is 19.4. The van der Waals surface area contributed by atoms with Crippen LogP contribution in [-0.4, -0.2) is 87.8 Å². The topological polar surface area (TPSA) is 113 Å². The molecule has 0 spiro atoms. The Balaban J connectivity index is 0.000000331. The third-order valence-electron chi connectivity index (χ3n) is 6.90. The molecule has 15 heteroatoms. The molecule has 1 fully saturated rings. The first-order valence-corrected chi connectivity index (χ1v) is 13.3. The molecule has 2 N–H and O–H groups in total. The molecule has 2 heterocycles. The van der Waals surface area contributed by atoms with Crippen LogP contribution in [0.25, 0.3) is 10.8 Å². The molecule has 4 aromatic rings. The number of nitrogens with zero attached hydrogens (tertiary/aromatic N) is 4. The van der Waals surface area contributed by atoms with Crippen molar-refractivity contribution in [3.8, 4) is 0 Å². The van der Waals surface area contributed by atoms with Gasteiger partial charge in [0.1, 0.15) is 18.9 Å². The molecule has 45 heavy (non-hydrogen) atoms. The number of carboxylic acid groups (broad SMARTS) is 2. The predicted octanol–water partition coefficient (Wildman–Crippen LogP) is 5.13. The van der Waals surface area contributed by atoms with E-state index in [9.17, 15) is 31.1 Å². The van der Waals surface area contributed by atoms with Crippen molar-refractivity contribution in [2.24, 2.45) is 0 Å². The first-order valence-electron chi connectivity index (χ1n) is 13.3. The molecule has 0 bridgehead atoms. The number of quaternary nitrogens is 1. The van der Waals surface area contributed by atoms with Gasteiger partial charge in [-0.15, -0.1) is 0 Å². The standard InChI is InChI=1S/C26H27N4O.2C2HF3O2/c1-30(26(31)24-13-7-11-22-10-5-6-12-23(22)24)18-16-28(17-19-30)29-15-14-27-25(29)20-21-8-3-2-4-9-21;2*3-2(4,5)1(6)7/h2-15H,16-20H2,1H3;2*(H,6,7)/q+1;;. The van der Waals surface area contributed by atoms with Crippen LogP contribution in [0.15, 0.2) is 85.2 Å². The average Bonchev–Trinajstić information content (AvgIpc) is 3.45. The molecule has 1 saturated heterocycles. The summed E-state index contributed by atoms with van der Waals surface area (Å²) in [6.07, 6.45) is -5.48. The summed E-state index contributed by atoms with van der Waals surface area (Å²) in [4.78, 5) is 36.0. The van der Waals surface area contributed by atoms with Gasteiger partial charge >= 0.3 is 30.2 Å². The maximum Gasteiger partial charge on any atom is 0.490 e. The smallest absolute Gasteiger partial charge is 0.475 e. The molecule has 0 aliphatic carbocycles. The predicted molar refractivity (Wildman–Crippen MR) is 151 cm³/mol. The number of aromatic nitrogens is 2. The highest BCUT2D eigenvalue weighted by Crippen LogP contribution is 2.24. The number of hydrogen-bond donors (Lipinski definition) is 2. The number of hydrogen-bond acceptors (Lipinski definition) is 5. The second-order valence-corrected chi connectivity index (χ2v) is 10.1. The van der Waals surface area contributed by atoms with Crippen LogP contribution in [0, 0.1) is 0 Å². The maximum atomic E-state index is 13.6. The van der Waals surface area contributed by atoms with Crippen LogP contribution >= 0.6 is 0 Å². The molecule has 9 nitrogen and oxygen atoms in total. The van der Waals surface area contributed by atoms with E-state index in [1.54, 1.807) is 0 Å². The van der Waals surface area contributed by atoms with Gasteiger partial charge in [-0.25, -0.2) is 24.0 Å². The van der Waals surface area contributed by atoms with Crippen molar-refractivity contribution in [2.75, 3.05) is 38.2 Å². The normalized spacial score (nSPS) is 14.4. The number of rotatable bonds is 4. The fraction of sp³-hybridized carbons (Fsp3) is 0.267. The van der Waals surface area contributed by atoms with E-state index in [1.807, 2.05) is 48.8 Å². The van der Waals surface area contributed by atoms with Gasteiger partial charge in [0.05, 0.1) is 25.7 Å². The second kappa shape index (κ2) is 14.2. The summed E-state index contributed by atoms with van der Waals surface area (Å²) in [6, 6.07) is 24.6. The molecule has 1 aliphatic heterocycles. The Kier molecular flexibility index (Phi) is 10.9. The van der Waals surface area contributed by atoms with Crippen LogP contribution < -0.4 is 5.01 Å². The number of piperazine rings is 1. The number of amides is 1. The lowest BCUT2D eigenvalue weighted by atomic mass is 10.0. The van der Waals surface area contributed by atoms with Crippen LogP contribution in [0.5, 0.6) is 0 Å². The third-order valence-corrected chi connectivity index (χ3v) is 6.90. The second-order valence-electron chi connectivity index (χ2n) is 10.1. The molecule has 0 radical (unpaired) electrons. The van der Waals surface area contributed by atoms with Gasteiger partial charge in [-0.3, -0.25) is 4.48 Å². The number of benzene rings is 3. The Morgan fingerprint density at radius 3 is 1.87 bits per heavy atom. The van der Waals surface area contributed by atoms with Crippen LogP contribution in [0.1, 0.15) is 21.7 Å². The minimum absolute atomic E-state index is 0.201. The van der Waals surface area contributed by atoms with Crippen molar-refractivity contribution < 1.29 is 55.4 Å². The Hall–Kier alpha value is -4.92. The molecule has 5 rings (SSSR count). The lowest BCUT2D eigenvalue weighted by molar-refractivity contribution is -0.829. The van der Waals surface area contributed by atoms with Crippen molar-refractivity contribution in [1.82, 2.24) is 9.66 Å². The SMILES string of the molecule is C[N+]1(C(=O)c2cccc3ccccc23)CCN(n2ccnc2Cc2ccccc2)CC1.O=C(O)C(F)(F)F.O=C(O)C(F)(F)F. The molecule has 1 aliphatic rings. The number of carbonyl (C=O) groups excluding carboxylic acids is 1. The number of carbonyl (C=O) groups is 3. The van der Waals surface area contributed by atoms with Crippen molar-refractivity contribution in [2.45, 2.75) is 18.8 Å². The Labute approximate surface area is 253 Å². The minimum atomic E-state index is -5.08. The molecule has 1 amide bonds. The Morgan fingerprint density at radius 2 is 1.31 bits per heavy atom. The van der Waals surface area contributed by atoms with E-state index in [0.717, 1.165) is 54.8 Å². The highest BCUT2D eigenvalue weighted by molar-refractivity contribution is 6.04. The van der Waals surface area contributed by atoms with E-state index in [4.69, 9.17) is 19.8 Å². The zero-order valence-corrected chi connectivity index (χ0v) is 23.8. The van der Waals surface area contributed by atoms with Gasteiger partial charge in [0, 0.05) is 18.8 Å². The van der Waals surface area contributed by atoms with Gasteiger partial charge in [0.2, 0.25) is 0 Å². The molecule has 240 valence electrons. The Morgan fingerprint density at radius 1 is 0.800 bits per heavy atom. The first-order chi connectivity index (χ1) is 21.0. The number of alkyl halides is 6. The summed E-state index contributed by atoms with van der Waals surface area (Å²) in [5, 5.41) is 18.7. The lowest BCUT2D eigenvalue weighted by Crippen LogP contribution is -2.62. The molecule has 3 aromatic carbocycles. The van der Waals surface area contributed by atoms with E-state index >= 15 is 0 Å². The lowest BCUT2D eigenvalue weighted by Gasteiger charge is -2.41.